The van der Waals surface area contributed by atoms with Crippen molar-refractivity contribution in [3.05, 3.63) is 52.6 Å². The quantitative estimate of drug-likeness (QED) is 0.811. The van der Waals surface area contributed by atoms with Gasteiger partial charge in [0.15, 0.2) is 0 Å². The van der Waals surface area contributed by atoms with Gasteiger partial charge in [-0.05, 0) is 61.9 Å². The first kappa shape index (κ1) is 18.8. The summed E-state index contributed by atoms with van der Waals surface area (Å²) in [7, 11) is 0. The molecule has 1 atom stereocenters. The molecule has 0 saturated carbocycles. The Morgan fingerprint density at radius 2 is 1.86 bits per heavy atom. The molecule has 1 aromatic heterocycles. The van der Waals surface area contributed by atoms with Crippen molar-refractivity contribution in [2.24, 2.45) is 5.92 Å². The van der Waals surface area contributed by atoms with Gasteiger partial charge in [0.05, 0.1) is 5.69 Å². The second-order valence-corrected chi connectivity index (χ2v) is 7.52. The third-order valence-corrected chi connectivity index (χ3v) is 5.57. The first-order chi connectivity index (χ1) is 13.6. The van der Waals surface area contributed by atoms with Crippen LogP contribution in [0.2, 0.25) is 0 Å². The predicted octanol–water partition coefficient (Wildman–Crippen LogP) is 2.47. The summed E-state index contributed by atoms with van der Waals surface area (Å²) < 4.78 is 20.1. The highest BCUT2D eigenvalue weighted by atomic mass is 19.1. The van der Waals surface area contributed by atoms with Crippen LogP contribution in [0, 0.1) is 11.7 Å². The van der Waals surface area contributed by atoms with Gasteiger partial charge in [0, 0.05) is 37.9 Å². The molecule has 0 spiro atoms. The molecule has 2 aliphatic rings. The van der Waals surface area contributed by atoms with Gasteiger partial charge >= 0.3 is 0 Å². The number of piperidine rings is 1. The van der Waals surface area contributed by atoms with Crippen LogP contribution in [0.5, 0.6) is 0 Å². The molecule has 2 aromatic rings. The van der Waals surface area contributed by atoms with Gasteiger partial charge in [-0.15, -0.1) is 0 Å². The summed E-state index contributed by atoms with van der Waals surface area (Å²) in [6, 6.07) is 9.24. The summed E-state index contributed by atoms with van der Waals surface area (Å²) in [5, 5.41) is 4.46. The third-order valence-electron chi connectivity index (χ3n) is 5.57. The molecule has 6 nitrogen and oxygen atoms in total. The Hall–Kier alpha value is -2.54. The summed E-state index contributed by atoms with van der Waals surface area (Å²) in [5.74, 6) is 0.0909. The minimum Gasteiger partial charge on any atom is -0.368 e. The molecule has 2 saturated heterocycles. The molecule has 0 N–H and O–H groups in total. The van der Waals surface area contributed by atoms with Gasteiger partial charge < -0.3 is 9.64 Å². The number of ether oxygens (including phenoxy) is 1. The van der Waals surface area contributed by atoms with Crippen molar-refractivity contribution in [3.8, 4) is 11.3 Å². The van der Waals surface area contributed by atoms with Gasteiger partial charge in [-0.1, -0.05) is 0 Å². The lowest BCUT2D eigenvalue weighted by Gasteiger charge is -2.33. The number of halogens is 1. The summed E-state index contributed by atoms with van der Waals surface area (Å²) in [5.41, 5.74) is 1.27. The van der Waals surface area contributed by atoms with Crippen molar-refractivity contribution in [2.45, 2.75) is 38.3 Å². The van der Waals surface area contributed by atoms with E-state index in [1.54, 1.807) is 18.2 Å². The van der Waals surface area contributed by atoms with E-state index in [4.69, 9.17) is 4.74 Å². The van der Waals surface area contributed by atoms with E-state index in [1.165, 1.54) is 22.9 Å². The minimum atomic E-state index is -0.304. The van der Waals surface area contributed by atoms with Gasteiger partial charge in [0.2, 0.25) is 0 Å². The third kappa shape index (κ3) is 4.14. The molecule has 3 heterocycles. The van der Waals surface area contributed by atoms with Crippen molar-refractivity contribution in [1.82, 2.24) is 14.7 Å². The fourth-order valence-corrected chi connectivity index (χ4v) is 3.91. The lowest BCUT2D eigenvalue weighted by atomic mass is 9.96. The molecular weight excluding hydrogens is 361 g/mol. The number of likely N-dealkylation sites (tertiary alicyclic amines) is 1. The Labute approximate surface area is 162 Å². The zero-order valence-corrected chi connectivity index (χ0v) is 15.7. The van der Waals surface area contributed by atoms with Crippen molar-refractivity contribution >= 4 is 5.91 Å². The maximum Gasteiger partial charge on any atom is 0.266 e. The second-order valence-electron chi connectivity index (χ2n) is 7.52. The molecule has 0 radical (unpaired) electrons. The van der Waals surface area contributed by atoms with Gasteiger partial charge in [-0.2, -0.15) is 5.10 Å². The molecule has 1 amide bonds. The highest BCUT2D eigenvalue weighted by molar-refractivity contribution is 5.81. The van der Waals surface area contributed by atoms with E-state index in [2.05, 4.69) is 5.10 Å². The van der Waals surface area contributed by atoms with Crippen LogP contribution in [0.3, 0.4) is 0 Å². The lowest BCUT2D eigenvalue weighted by Crippen LogP contribution is -2.44. The maximum atomic E-state index is 13.1. The van der Waals surface area contributed by atoms with E-state index in [-0.39, 0.29) is 23.4 Å². The Balaban J connectivity index is 1.39. The number of hydrogen-bond donors (Lipinski definition) is 0. The topological polar surface area (TPSA) is 64.4 Å². The fraction of sp³-hybridized carbons (Fsp3) is 0.476. The van der Waals surface area contributed by atoms with Crippen LogP contribution >= 0.6 is 0 Å². The summed E-state index contributed by atoms with van der Waals surface area (Å²) in [6.45, 7) is 2.58. The van der Waals surface area contributed by atoms with Crippen molar-refractivity contribution in [2.75, 3.05) is 19.7 Å². The second kappa shape index (κ2) is 8.22. The van der Waals surface area contributed by atoms with Crippen molar-refractivity contribution < 1.29 is 13.9 Å². The molecule has 2 aliphatic heterocycles. The average molecular weight is 385 g/mol. The lowest BCUT2D eigenvalue weighted by molar-refractivity contribution is -0.142. The molecule has 2 fully saturated rings. The number of nitrogens with zero attached hydrogens (tertiary/aromatic N) is 3. The van der Waals surface area contributed by atoms with Crippen LogP contribution in [0.15, 0.2) is 41.2 Å². The number of carbonyl (C=O) groups excluding carboxylic acids is 1. The van der Waals surface area contributed by atoms with Crippen molar-refractivity contribution in [3.63, 3.8) is 0 Å². The Morgan fingerprint density at radius 3 is 2.54 bits per heavy atom. The van der Waals surface area contributed by atoms with E-state index in [9.17, 15) is 14.0 Å². The first-order valence-electron chi connectivity index (χ1n) is 9.84. The number of hydrogen-bond acceptors (Lipinski definition) is 4. The highest BCUT2D eigenvalue weighted by Crippen LogP contribution is 2.22. The number of rotatable bonds is 4. The summed E-state index contributed by atoms with van der Waals surface area (Å²) in [4.78, 5) is 26.6. The van der Waals surface area contributed by atoms with Crippen LogP contribution in [0.1, 0.15) is 25.7 Å². The number of benzene rings is 1. The van der Waals surface area contributed by atoms with Crippen LogP contribution < -0.4 is 5.56 Å². The SMILES string of the molecule is O=C([C@@H]1CCCO1)N1CCC(Cn2nc(-c3ccc(F)cc3)ccc2=O)CC1. The Bertz CT molecular complexity index is 883. The van der Waals surface area contributed by atoms with E-state index in [1.807, 2.05) is 4.90 Å². The molecule has 0 bridgehead atoms. The minimum absolute atomic E-state index is 0.101. The fourth-order valence-electron chi connectivity index (χ4n) is 3.91. The van der Waals surface area contributed by atoms with Gasteiger partial charge in [-0.3, -0.25) is 9.59 Å². The van der Waals surface area contributed by atoms with Crippen molar-refractivity contribution in [1.29, 1.82) is 0 Å². The Kier molecular flexibility index (Phi) is 5.52. The predicted molar refractivity (Wildman–Crippen MR) is 102 cm³/mol. The standard InChI is InChI=1S/C21H24FN3O3/c22-17-5-3-16(4-6-17)18-7-8-20(26)25(23-18)14-15-9-11-24(12-10-15)21(27)19-2-1-13-28-19/h3-8,15,19H,1-2,9-14H2/t19-/m0/s1. The molecule has 28 heavy (non-hydrogen) atoms. The molecule has 0 unspecified atom stereocenters. The smallest absolute Gasteiger partial charge is 0.266 e. The summed E-state index contributed by atoms with van der Waals surface area (Å²) >= 11 is 0. The molecule has 148 valence electrons. The summed E-state index contributed by atoms with van der Waals surface area (Å²) in [6.07, 6.45) is 3.18. The average Bonchev–Trinajstić information content (AvgIpc) is 3.25. The van der Waals surface area contributed by atoms with Crippen LogP contribution in [0.4, 0.5) is 4.39 Å². The van der Waals surface area contributed by atoms with E-state index in [0.29, 0.717) is 37.9 Å². The van der Waals surface area contributed by atoms with Gasteiger partial charge in [0.25, 0.3) is 11.5 Å². The number of carbonyl (C=O) groups is 1. The zero-order valence-electron chi connectivity index (χ0n) is 15.7. The van der Waals surface area contributed by atoms with E-state index >= 15 is 0 Å². The van der Waals surface area contributed by atoms with Crippen LogP contribution in [-0.4, -0.2) is 46.4 Å². The molecule has 4 rings (SSSR count). The molecule has 7 heteroatoms. The largest absolute Gasteiger partial charge is 0.368 e. The van der Waals surface area contributed by atoms with E-state index in [0.717, 1.165) is 31.2 Å². The van der Waals surface area contributed by atoms with Crippen LogP contribution in [0.25, 0.3) is 11.3 Å². The molecule has 1 aromatic carbocycles. The molecule has 0 aliphatic carbocycles. The highest BCUT2D eigenvalue weighted by Gasteiger charge is 2.31. The van der Waals surface area contributed by atoms with Gasteiger partial charge in [-0.25, -0.2) is 9.07 Å². The zero-order chi connectivity index (χ0) is 19.5. The molecular formula is C21H24FN3O3. The first-order valence-corrected chi connectivity index (χ1v) is 9.84. The maximum absolute atomic E-state index is 13.1. The monoisotopic (exact) mass is 385 g/mol. The van der Waals surface area contributed by atoms with E-state index < -0.39 is 0 Å². The number of amides is 1. The van der Waals surface area contributed by atoms with Gasteiger partial charge in [0.1, 0.15) is 11.9 Å². The van der Waals surface area contributed by atoms with Crippen LogP contribution in [-0.2, 0) is 16.1 Å². The number of aromatic nitrogens is 2. The normalized spacial score (nSPS) is 20.5. The Morgan fingerprint density at radius 1 is 1.11 bits per heavy atom.